The third kappa shape index (κ3) is 39.2. The molecule has 12 nitrogen and oxygen atoms in total. The average molecular weight is 1230 g/mol. The van der Waals surface area contributed by atoms with E-state index >= 15 is 0 Å². The largest absolute Gasteiger partial charge is 0.502 e. The zero-order chi connectivity index (χ0) is 67.0. The topological polar surface area (TPSA) is 144 Å². The predicted molar refractivity (Wildman–Crippen MR) is 377 cm³/mol. The molecule has 0 saturated heterocycles. The van der Waals surface area contributed by atoms with E-state index < -0.39 is 16.6 Å². The number of unbranched alkanes of at least 4 members (excludes halogenated alkanes) is 3. The van der Waals surface area contributed by atoms with Crippen LogP contribution >= 0.6 is 0 Å². The summed E-state index contributed by atoms with van der Waals surface area (Å²) in [5.74, 6) is -1.77. The summed E-state index contributed by atoms with van der Waals surface area (Å²) in [6.45, 7) is 65.1. The van der Waals surface area contributed by atoms with E-state index in [4.69, 9.17) is 42.6 Å². The highest BCUT2D eigenvalue weighted by atomic mass is 16.5. The van der Waals surface area contributed by atoms with Gasteiger partial charge in [-0.3, -0.25) is 0 Å². The summed E-state index contributed by atoms with van der Waals surface area (Å²) < 4.78 is 51.7. The molecule has 12 heteroatoms. The molecule has 0 aromatic rings. The minimum atomic E-state index is -2.27. The van der Waals surface area contributed by atoms with Crippen LogP contribution < -0.4 is 0 Å². The smallest absolute Gasteiger partial charge is 0.233 e. The summed E-state index contributed by atoms with van der Waals surface area (Å²) in [5, 5.41) is 30.6. The molecule has 0 amide bonds. The van der Waals surface area contributed by atoms with E-state index in [2.05, 4.69) is 186 Å². The standard InChI is InChI=1S/C35H24O4.C28H52O4.C14H24O4.7H2/c1-11-21-28(18-8)37-32(25-15-5)35(31(36)24-14-4,33(26-16-6)38-29(19-9)22-12-2)34(27-17-7)39-30(20-10)23-13-3;1-4-7-10-22-30-25-14-18-28(17-13-21-29,19-15-26-31-23-11-8-5-2)20-16-27-32-24-12-9-6-3;1-4-7-16-11-14(10-15,12-17-8-5-2)13-18-9-6-3;;;;;;;/h18-20,36H,1-10H2;4-6,29H,1-3,7-27H2;4-6,15H,1-3,7-13H2;7*1H. The Morgan fingerprint density at radius 3 is 0.899 bits per heavy atom. The fourth-order valence-electron chi connectivity index (χ4n) is 8.07. The van der Waals surface area contributed by atoms with Gasteiger partial charge in [0.15, 0.2) is 40.3 Å². The summed E-state index contributed by atoms with van der Waals surface area (Å²) >= 11 is 0. The summed E-state index contributed by atoms with van der Waals surface area (Å²) in [5.41, 5.74) is 32.8. The zero-order valence-corrected chi connectivity index (χ0v) is 53.3. The number of hydrogen-bond donors (Lipinski definition) is 3. The van der Waals surface area contributed by atoms with E-state index in [0.29, 0.717) is 39.6 Å². The molecule has 0 bridgehead atoms. The van der Waals surface area contributed by atoms with Crippen LogP contribution in [0.5, 0.6) is 0 Å². The van der Waals surface area contributed by atoms with Gasteiger partial charge in [-0.1, -0.05) is 96.3 Å². The van der Waals surface area contributed by atoms with Gasteiger partial charge < -0.3 is 58.0 Å². The quantitative estimate of drug-likeness (QED) is 0.0175. The maximum Gasteiger partial charge on any atom is 0.233 e. The highest BCUT2D eigenvalue weighted by Crippen LogP contribution is 2.50. The average Bonchev–Trinajstić information content (AvgIpc) is 0.755. The Morgan fingerprint density at radius 2 is 0.652 bits per heavy atom. The van der Waals surface area contributed by atoms with Crippen LogP contribution in [0.4, 0.5) is 0 Å². The number of ether oxygens (including phenoxy) is 9. The van der Waals surface area contributed by atoms with Crippen LogP contribution in [-0.4, -0.2) is 108 Å². The van der Waals surface area contributed by atoms with Crippen LogP contribution in [0.2, 0.25) is 0 Å². The van der Waals surface area contributed by atoms with Crippen LogP contribution in [0.25, 0.3) is 0 Å². The van der Waals surface area contributed by atoms with Crippen molar-refractivity contribution in [3.05, 3.63) is 280 Å². The molecule has 0 atom stereocenters. The van der Waals surface area contributed by atoms with Gasteiger partial charge in [0, 0.05) is 56.2 Å². The summed E-state index contributed by atoms with van der Waals surface area (Å²) in [6, 6.07) is 0. The second kappa shape index (κ2) is 59.9. The number of allylic oxidation sites excluding steroid dienone is 6. The van der Waals surface area contributed by atoms with Crippen molar-refractivity contribution in [2.75, 3.05) is 92.5 Å². The van der Waals surface area contributed by atoms with Crippen LogP contribution in [0.15, 0.2) is 280 Å². The Balaban J connectivity index is -0.000000147. The molecular weight excluding hydrogens is 1120 g/mol. The number of hydrogen-bond acceptors (Lipinski definition) is 12. The van der Waals surface area contributed by atoms with E-state index in [-0.39, 0.29) is 63.2 Å². The van der Waals surface area contributed by atoms with E-state index in [1.165, 1.54) is 18.2 Å². The molecule has 494 valence electrons. The minimum Gasteiger partial charge on any atom is -0.502 e. The molecule has 0 aliphatic heterocycles. The van der Waals surface area contributed by atoms with Crippen molar-refractivity contribution in [2.45, 2.75) is 89.9 Å². The summed E-state index contributed by atoms with van der Waals surface area (Å²) in [7, 11) is 0. The van der Waals surface area contributed by atoms with E-state index in [1.807, 2.05) is 18.2 Å². The van der Waals surface area contributed by atoms with Crippen molar-refractivity contribution in [1.29, 1.82) is 0 Å². The second-order valence-electron chi connectivity index (χ2n) is 19.0. The first-order valence-electron chi connectivity index (χ1n) is 29.3. The third-order valence-corrected chi connectivity index (χ3v) is 12.2. The van der Waals surface area contributed by atoms with Crippen molar-refractivity contribution in [3.63, 3.8) is 0 Å². The van der Waals surface area contributed by atoms with Gasteiger partial charge in [0.1, 0.15) is 0 Å². The lowest BCUT2D eigenvalue weighted by Gasteiger charge is -2.35. The monoisotopic (exact) mass is 1230 g/mol. The first-order chi connectivity index (χ1) is 43.3. The van der Waals surface area contributed by atoms with Crippen molar-refractivity contribution in [3.8, 4) is 0 Å². The molecule has 0 unspecified atom stereocenters. The first kappa shape index (κ1) is 84.8. The van der Waals surface area contributed by atoms with Gasteiger partial charge in [0.25, 0.3) is 0 Å². The highest BCUT2D eigenvalue weighted by molar-refractivity contribution is 5.45. The number of aliphatic hydroxyl groups excluding tert-OH is 3. The van der Waals surface area contributed by atoms with Crippen LogP contribution in [0, 0.1) is 16.2 Å². The third-order valence-electron chi connectivity index (χ3n) is 12.2. The first-order valence-corrected chi connectivity index (χ1v) is 29.3. The molecule has 0 heterocycles. The lowest BCUT2D eigenvalue weighted by molar-refractivity contribution is -0.0821. The summed E-state index contributed by atoms with van der Waals surface area (Å²) in [4.78, 5) is 0. The van der Waals surface area contributed by atoms with Gasteiger partial charge in [-0.2, -0.15) is 0 Å². The Kier molecular flexibility index (Phi) is 57.2. The van der Waals surface area contributed by atoms with Gasteiger partial charge in [-0.15, -0.1) is 39.5 Å². The summed E-state index contributed by atoms with van der Waals surface area (Å²) in [6.07, 6.45) is 29.4. The van der Waals surface area contributed by atoms with E-state index in [0.717, 1.165) is 130 Å². The highest BCUT2D eigenvalue weighted by Gasteiger charge is 2.54. The molecule has 0 aromatic carbocycles. The molecule has 0 radical (unpaired) electrons. The van der Waals surface area contributed by atoms with Gasteiger partial charge in [-0.05, 0) is 200 Å². The SMILES string of the molecule is C=C=C=C(C=C)OC(=C=C=C)C(C(O)=C=C=C)(C(=C=C=C)OC(=C=C=C)C=C)C(=C=C=C)OC(=C=C=C)C=C.C=CCCCOCCCC(CCCO)(CCCOCCCC=C)CCCOCCCC=C.C=CCOCC(CO)(COCC=C)COCC=C.[HH].[HH].[HH].[HH].[HH].[HH].[HH]. The van der Waals surface area contributed by atoms with Gasteiger partial charge in [-0.25, -0.2) is 0 Å². The van der Waals surface area contributed by atoms with Gasteiger partial charge in [0.2, 0.25) is 5.41 Å². The fourth-order valence-corrected chi connectivity index (χ4v) is 8.07. The van der Waals surface area contributed by atoms with Gasteiger partial charge in [0.05, 0.1) is 51.7 Å². The normalized spacial score (nSPS) is 10.3. The van der Waals surface area contributed by atoms with Crippen LogP contribution in [0.3, 0.4) is 0 Å². The molecule has 0 aliphatic carbocycles. The Hall–Kier alpha value is -8.36. The van der Waals surface area contributed by atoms with E-state index in [9.17, 15) is 15.3 Å². The molecule has 3 N–H and O–H groups in total. The Morgan fingerprint density at radius 1 is 0.360 bits per heavy atom. The number of aliphatic hydroxyl groups is 3. The maximum atomic E-state index is 11.6. The molecule has 89 heavy (non-hydrogen) atoms. The maximum absolute atomic E-state index is 11.6. The number of rotatable bonds is 53. The molecule has 0 aliphatic rings. The fraction of sp³-hybridized carbons (Fsp3) is 0.403. The van der Waals surface area contributed by atoms with Crippen molar-refractivity contribution >= 4 is 0 Å². The molecule has 0 saturated carbocycles. The lowest BCUT2D eigenvalue weighted by atomic mass is 9.72. The van der Waals surface area contributed by atoms with E-state index in [1.54, 1.807) is 18.2 Å². The van der Waals surface area contributed by atoms with Crippen molar-refractivity contribution in [2.24, 2.45) is 16.2 Å². The molecular formula is C77H114O12. The Bertz CT molecular complexity index is 2600. The predicted octanol–water partition coefficient (Wildman–Crippen LogP) is 18.2. The van der Waals surface area contributed by atoms with Crippen molar-refractivity contribution < 1.29 is 67.9 Å². The van der Waals surface area contributed by atoms with Crippen LogP contribution in [-0.2, 0) is 42.6 Å². The Labute approximate surface area is 545 Å². The molecule has 0 rings (SSSR count). The lowest BCUT2D eigenvalue weighted by Crippen LogP contribution is -2.41. The van der Waals surface area contributed by atoms with Crippen molar-refractivity contribution in [1.82, 2.24) is 0 Å². The second-order valence-corrected chi connectivity index (χ2v) is 19.0. The molecule has 0 spiro atoms. The molecule has 0 aromatic heterocycles. The van der Waals surface area contributed by atoms with Gasteiger partial charge >= 0.3 is 0 Å². The molecule has 0 fully saturated rings. The van der Waals surface area contributed by atoms with Crippen LogP contribution in [0.1, 0.15) is 99.9 Å². The zero-order valence-electron chi connectivity index (χ0n) is 53.3. The minimum absolute atomic E-state index is 0.